The number of carboxylic acid groups (broad SMARTS) is 1. The van der Waals surface area contributed by atoms with Crippen LogP contribution < -0.4 is 5.32 Å². The summed E-state index contributed by atoms with van der Waals surface area (Å²) in [5.41, 5.74) is 3.59. The van der Waals surface area contributed by atoms with Crippen LogP contribution >= 0.6 is 0 Å². The predicted octanol–water partition coefficient (Wildman–Crippen LogP) is 3.63. The number of nitrogens with one attached hydrogen (secondary N) is 1. The van der Waals surface area contributed by atoms with Crippen molar-refractivity contribution < 1.29 is 24.2 Å². The van der Waals surface area contributed by atoms with Gasteiger partial charge in [-0.25, -0.2) is 9.59 Å². The molecule has 0 aromatic heterocycles. The van der Waals surface area contributed by atoms with Gasteiger partial charge in [0.15, 0.2) is 0 Å². The molecule has 2 aliphatic rings. The number of ether oxygens (including phenoxy) is 1. The van der Waals surface area contributed by atoms with E-state index >= 15 is 0 Å². The van der Waals surface area contributed by atoms with Gasteiger partial charge in [0.1, 0.15) is 12.1 Å². The van der Waals surface area contributed by atoms with Crippen LogP contribution in [-0.2, 0) is 14.3 Å². The standard InChI is InChI=1S/C25H28N2O5/c1-16(22(28)27(2)25(12-13-25)23(29)30)11-14-26-24(31)32-15-21-19-9-5-3-7-17(19)18-8-4-6-10-20(18)21/h3-10,16,21H,11-15H2,1-2H3,(H,26,31)(H,29,30). The second kappa shape index (κ2) is 8.65. The Kier molecular flexibility index (Phi) is 5.91. The maximum absolute atomic E-state index is 12.6. The first-order chi connectivity index (χ1) is 15.3. The molecule has 1 fully saturated rings. The van der Waals surface area contributed by atoms with Crippen molar-refractivity contribution in [2.45, 2.75) is 37.6 Å². The lowest BCUT2D eigenvalue weighted by Crippen LogP contribution is -2.47. The molecule has 0 spiro atoms. The molecule has 32 heavy (non-hydrogen) atoms. The van der Waals surface area contributed by atoms with Gasteiger partial charge in [0.25, 0.3) is 0 Å². The molecule has 7 nitrogen and oxygen atoms in total. The van der Waals surface area contributed by atoms with Crippen LogP contribution in [0.2, 0.25) is 0 Å². The fourth-order valence-electron chi connectivity index (χ4n) is 4.52. The SMILES string of the molecule is CC(CCNC(=O)OCC1c2ccccc2-c2ccccc21)C(=O)N(C)C1(C(=O)O)CC1. The van der Waals surface area contributed by atoms with Crippen molar-refractivity contribution in [2.75, 3.05) is 20.2 Å². The number of aliphatic carboxylic acids is 1. The van der Waals surface area contributed by atoms with E-state index in [0.29, 0.717) is 19.3 Å². The molecule has 1 saturated carbocycles. The molecule has 4 rings (SSSR count). The summed E-state index contributed by atoms with van der Waals surface area (Å²) < 4.78 is 5.50. The number of rotatable bonds is 8. The third-order valence-electron chi connectivity index (χ3n) is 6.71. The molecule has 2 amide bonds. The van der Waals surface area contributed by atoms with Crippen molar-refractivity contribution in [3.63, 3.8) is 0 Å². The Morgan fingerprint density at radius 1 is 1.09 bits per heavy atom. The van der Waals surface area contributed by atoms with Crippen LogP contribution in [0.15, 0.2) is 48.5 Å². The second-order valence-electron chi connectivity index (χ2n) is 8.68. The van der Waals surface area contributed by atoms with Gasteiger partial charge >= 0.3 is 12.1 Å². The number of carbonyl (C=O) groups excluding carboxylic acids is 2. The summed E-state index contributed by atoms with van der Waals surface area (Å²) in [6.07, 6.45) is 0.845. The average Bonchev–Trinajstić information content (AvgIpc) is 3.55. The van der Waals surface area contributed by atoms with Crippen LogP contribution in [0.1, 0.15) is 43.2 Å². The van der Waals surface area contributed by atoms with Gasteiger partial charge in [0, 0.05) is 25.4 Å². The second-order valence-corrected chi connectivity index (χ2v) is 8.68. The van der Waals surface area contributed by atoms with E-state index in [-0.39, 0.29) is 25.0 Å². The number of benzene rings is 2. The monoisotopic (exact) mass is 436 g/mol. The van der Waals surface area contributed by atoms with Crippen molar-refractivity contribution >= 4 is 18.0 Å². The molecule has 7 heteroatoms. The summed E-state index contributed by atoms with van der Waals surface area (Å²) in [4.78, 5) is 37.6. The maximum atomic E-state index is 12.6. The predicted molar refractivity (Wildman–Crippen MR) is 119 cm³/mol. The van der Waals surface area contributed by atoms with Gasteiger partial charge in [-0.2, -0.15) is 0 Å². The quantitative estimate of drug-likeness (QED) is 0.659. The smallest absolute Gasteiger partial charge is 0.407 e. The zero-order valence-corrected chi connectivity index (χ0v) is 18.3. The van der Waals surface area contributed by atoms with Crippen molar-refractivity contribution in [3.05, 3.63) is 59.7 Å². The van der Waals surface area contributed by atoms with E-state index in [0.717, 1.165) is 11.1 Å². The first-order valence-corrected chi connectivity index (χ1v) is 10.9. The van der Waals surface area contributed by atoms with Crippen LogP contribution in [0.4, 0.5) is 4.79 Å². The molecule has 2 aromatic rings. The van der Waals surface area contributed by atoms with Gasteiger partial charge in [-0.05, 0) is 41.5 Å². The third kappa shape index (κ3) is 3.95. The van der Waals surface area contributed by atoms with Crippen molar-refractivity contribution in [1.82, 2.24) is 10.2 Å². The van der Waals surface area contributed by atoms with Crippen molar-refractivity contribution in [3.8, 4) is 11.1 Å². The largest absolute Gasteiger partial charge is 0.479 e. The van der Waals surface area contributed by atoms with Crippen LogP contribution in [0.3, 0.4) is 0 Å². The van der Waals surface area contributed by atoms with Crippen molar-refractivity contribution in [2.24, 2.45) is 5.92 Å². The first-order valence-electron chi connectivity index (χ1n) is 10.9. The number of carboxylic acids is 1. The van der Waals surface area contributed by atoms with Crippen LogP contribution in [0.25, 0.3) is 11.1 Å². The molecule has 2 aromatic carbocycles. The molecule has 2 aliphatic carbocycles. The molecule has 0 bridgehead atoms. The number of carbonyl (C=O) groups is 3. The van der Waals surface area contributed by atoms with Crippen LogP contribution in [0, 0.1) is 5.92 Å². The van der Waals surface area contributed by atoms with E-state index in [1.54, 1.807) is 14.0 Å². The lowest BCUT2D eigenvalue weighted by Gasteiger charge is -2.27. The molecule has 168 valence electrons. The minimum atomic E-state index is -1.05. The number of amides is 2. The normalized spacial score (nSPS) is 16.4. The number of hydrogen-bond donors (Lipinski definition) is 2. The number of alkyl carbamates (subject to hydrolysis) is 1. The summed E-state index contributed by atoms with van der Waals surface area (Å²) in [5.74, 6) is -1.59. The molecule has 0 aliphatic heterocycles. The molecule has 0 heterocycles. The highest BCUT2D eigenvalue weighted by molar-refractivity contribution is 5.90. The Morgan fingerprint density at radius 3 is 2.19 bits per heavy atom. The van der Waals surface area contributed by atoms with E-state index < -0.39 is 23.5 Å². The van der Waals surface area contributed by atoms with Gasteiger partial charge in [0.05, 0.1) is 0 Å². The highest BCUT2D eigenvalue weighted by Gasteiger charge is 2.55. The highest BCUT2D eigenvalue weighted by Crippen LogP contribution is 2.44. The Morgan fingerprint density at radius 2 is 1.66 bits per heavy atom. The zero-order chi connectivity index (χ0) is 22.9. The Balaban J connectivity index is 1.26. The molecule has 0 radical (unpaired) electrons. The van der Waals surface area contributed by atoms with Gasteiger partial charge in [-0.15, -0.1) is 0 Å². The fourth-order valence-corrected chi connectivity index (χ4v) is 4.52. The Bertz CT molecular complexity index is 1000. The summed E-state index contributed by atoms with van der Waals surface area (Å²) in [5, 5.41) is 12.1. The van der Waals surface area contributed by atoms with Gasteiger partial charge in [-0.1, -0.05) is 55.5 Å². The third-order valence-corrected chi connectivity index (χ3v) is 6.71. The van der Waals surface area contributed by atoms with E-state index in [2.05, 4.69) is 29.6 Å². The van der Waals surface area contributed by atoms with E-state index in [4.69, 9.17) is 4.74 Å². The lowest BCUT2D eigenvalue weighted by molar-refractivity contribution is -0.152. The molecule has 2 N–H and O–H groups in total. The first kappa shape index (κ1) is 21.9. The topological polar surface area (TPSA) is 95.9 Å². The van der Waals surface area contributed by atoms with Gasteiger partial charge < -0.3 is 20.1 Å². The molecular formula is C25H28N2O5. The van der Waals surface area contributed by atoms with Gasteiger partial charge in [-0.3, -0.25) is 4.79 Å². The summed E-state index contributed by atoms with van der Waals surface area (Å²) >= 11 is 0. The number of nitrogens with zero attached hydrogens (tertiary/aromatic N) is 1. The number of fused-ring (bicyclic) bond motifs is 3. The zero-order valence-electron chi connectivity index (χ0n) is 18.3. The minimum Gasteiger partial charge on any atom is -0.479 e. The highest BCUT2D eigenvalue weighted by atomic mass is 16.5. The number of hydrogen-bond acceptors (Lipinski definition) is 4. The maximum Gasteiger partial charge on any atom is 0.407 e. The summed E-state index contributed by atoms with van der Waals surface area (Å²) in [6.45, 7) is 2.26. The molecule has 1 atom stereocenters. The average molecular weight is 437 g/mol. The summed E-state index contributed by atoms with van der Waals surface area (Å²) in [7, 11) is 1.54. The Hall–Kier alpha value is -3.35. The van der Waals surface area contributed by atoms with Crippen molar-refractivity contribution in [1.29, 1.82) is 0 Å². The number of likely N-dealkylation sites (N-methyl/N-ethyl adjacent to an activating group) is 1. The summed E-state index contributed by atoms with van der Waals surface area (Å²) in [6, 6.07) is 16.3. The minimum absolute atomic E-state index is 0.00643. The molecule has 1 unspecified atom stereocenters. The van der Waals surface area contributed by atoms with Crippen LogP contribution in [-0.4, -0.2) is 53.7 Å². The van der Waals surface area contributed by atoms with E-state index in [1.165, 1.54) is 16.0 Å². The van der Waals surface area contributed by atoms with Gasteiger partial charge in [0.2, 0.25) is 5.91 Å². The van der Waals surface area contributed by atoms with E-state index in [1.807, 2.05) is 24.3 Å². The van der Waals surface area contributed by atoms with E-state index in [9.17, 15) is 19.5 Å². The molecule has 0 saturated heterocycles. The fraction of sp³-hybridized carbons (Fsp3) is 0.400. The lowest BCUT2D eigenvalue weighted by atomic mass is 9.98. The molecular weight excluding hydrogens is 408 g/mol. The van der Waals surface area contributed by atoms with Crippen LogP contribution in [0.5, 0.6) is 0 Å². The Labute approximate surface area is 187 Å².